The molecular weight excluding hydrogens is 386 g/mol. The molecular formula is C22H23N3O5. The molecule has 1 aliphatic carbocycles. The molecule has 156 valence electrons. The van der Waals surface area contributed by atoms with Crippen LogP contribution in [0.3, 0.4) is 0 Å². The van der Waals surface area contributed by atoms with E-state index in [1.54, 1.807) is 12.1 Å². The first-order chi connectivity index (χ1) is 14.6. The predicted molar refractivity (Wildman–Crippen MR) is 110 cm³/mol. The number of anilines is 1. The molecule has 1 aromatic heterocycles. The normalized spacial score (nSPS) is 12.8. The summed E-state index contributed by atoms with van der Waals surface area (Å²) in [5.41, 5.74) is 3.84. The largest absolute Gasteiger partial charge is 0.493 e. The minimum absolute atomic E-state index is 0.0153. The summed E-state index contributed by atoms with van der Waals surface area (Å²) >= 11 is 0. The highest BCUT2D eigenvalue weighted by Gasteiger charge is 2.19. The lowest BCUT2D eigenvalue weighted by Crippen LogP contribution is -2.13. The van der Waals surface area contributed by atoms with Gasteiger partial charge in [0.15, 0.2) is 11.5 Å². The maximum atomic E-state index is 12.7. The Labute approximate surface area is 174 Å². The van der Waals surface area contributed by atoms with E-state index in [-0.39, 0.29) is 6.01 Å². The number of nitrogens with one attached hydrogen (secondary N) is 1. The lowest BCUT2D eigenvalue weighted by atomic mass is 9.90. The van der Waals surface area contributed by atoms with Gasteiger partial charge in [-0.05, 0) is 61.1 Å². The van der Waals surface area contributed by atoms with Crippen LogP contribution in [0.15, 0.2) is 34.7 Å². The molecule has 0 saturated heterocycles. The predicted octanol–water partition coefficient (Wildman–Crippen LogP) is 3.89. The van der Waals surface area contributed by atoms with E-state index in [9.17, 15) is 4.79 Å². The van der Waals surface area contributed by atoms with E-state index in [2.05, 4.69) is 27.6 Å². The van der Waals surface area contributed by atoms with Crippen molar-refractivity contribution >= 4 is 11.9 Å². The van der Waals surface area contributed by atoms with Crippen LogP contribution in [0.1, 0.15) is 34.3 Å². The summed E-state index contributed by atoms with van der Waals surface area (Å²) in [6, 6.07) is 9.30. The Balaban J connectivity index is 1.55. The summed E-state index contributed by atoms with van der Waals surface area (Å²) in [6.07, 6.45) is 4.58. The molecule has 4 rings (SSSR count). The van der Waals surface area contributed by atoms with E-state index < -0.39 is 5.91 Å². The number of carbonyl (C=O) groups is 1. The number of aromatic nitrogens is 2. The van der Waals surface area contributed by atoms with Crippen molar-refractivity contribution in [1.29, 1.82) is 0 Å². The topological polar surface area (TPSA) is 95.7 Å². The molecule has 0 spiro atoms. The van der Waals surface area contributed by atoms with Crippen molar-refractivity contribution in [3.8, 4) is 28.7 Å². The fourth-order valence-electron chi connectivity index (χ4n) is 3.64. The van der Waals surface area contributed by atoms with Gasteiger partial charge in [0.05, 0.1) is 21.3 Å². The molecule has 8 heteroatoms. The van der Waals surface area contributed by atoms with Crippen molar-refractivity contribution in [2.75, 3.05) is 26.6 Å². The minimum Gasteiger partial charge on any atom is -0.493 e. The van der Waals surface area contributed by atoms with Crippen molar-refractivity contribution < 1.29 is 23.4 Å². The van der Waals surface area contributed by atoms with Gasteiger partial charge in [-0.15, -0.1) is 5.10 Å². The zero-order chi connectivity index (χ0) is 21.1. The number of amides is 1. The van der Waals surface area contributed by atoms with Gasteiger partial charge in [-0.1, -0.05) is 11.2 Å². The lowest BCUT2D eigenvalue weighted by molar-refractivity contribution is 0.102. The number of aryl methyl sites for hydroxylation is 2. The van der Waals surface area contributed by atoms with E-state index in [0.29, 0.717) is 28.7 Å². The summed E-state index contributed by atoms with van der Waals surface area (Å²) in [5, 5.41) is 10.6. The first-order valence-electron chi connectivity index (χ1n) is 9.70. The Morgan fingerprint density at radius 2 is 1.63 bits per heavy atom. The van der Waals surface area contributed by atoms with Gasteiger partial charge in [0, 0.05) is 11.1 Å². The van der Waals surface area contributed by atoms with Gasteiger partial charge in [-0.2, -0.15) is 0 Å². The van der Waals surface area contributed by atoms with Crippen molar-refractivity contribution in [3.05, 3.63) is 47.0 Å². The second kappa shape index (κ2) is 8.44. The van der Waals surface area contributed by atoms with Crippen LogP contribution in [0.25, 0.3) is 11.5 Å². The molecule has 1 N–H and O–H groups in total. The molecule has 1 amide bonds. The first kappa shape index (κ1) is 19.8. The molecule has 2 aromatic carbocycles. The van der Waals surface area contributed by atoms with Crippen molar-refractivity contribution in [2.24, 2.45) is 0 Å². The fraction of sp³-hybridized carbons (Fsp3) is 0.318. The smallest absolute Gasteiger partial charge is 0.322 e. The van der Waals surface area contributed by atoms with Crippen LogP contribution in [0.5, 0.6) is 17.2 Å². The van der Waals surface area contributed by atoms with Crippen LogP contribution in [0.4, 0.5) is 6.01 Å². The zero-order valence-electron chi connectivity index (χ0n) is 17.2. The monoisotopic (exact) mass is 409 g/mol. The van der Waals surface area contributed by atoms with Crippen LogP contribution in [0, 0.1) is 0 Å². The van der Waals surface area contributed by atoms with Gasteiger partial charge in [0.25, 0.3) is 5.91 Å². The third-order valence-corrected chi connectivity index (χ3v) is 5.17. The Bertz CT molecular complexity index is 1050. The molecule has 8 nitrogen and oxygen atoms in total. The summed E-state index contributed by atoms with van der Waals surface area (Å²) in [7, 11) is 4.48. The summed E-state index contributed by atoms with van der Waals surface area (Å²) in [4.78, 5) is 12.7. The van der Waals surface area contributed by atoms with Crippen LogP contribution < -0.4 is 19.5 Å². The van der Waals surface area contributed by atoms with E-state index in [0.717, 1.165) is 18.4 Å². The molecule has 3 aromatic rings. The third kappa shape index (κ3) is 3.80. The van der Waals surface area contributed by atoms with Gasteiger partial charge in [-0.3, -0.25) is 10.1 Å². The Kier molecular flexibility index (Phi) is 5.56. The average Bonchev–Trinajstić information content (AvgIpc) is 3.26. The summed E-state index contributed by atoms with van der Waals surface area (Å²) in [6.45, 7) is 0. The first-order valence-corrected chi connectivity index (χ1v) is 9.70. The molecule has 0 aliphatic heterocycles. The summed E-state index contributed by atoms with van der Waals surface area (Å²) in [5.74, 6) is 1.09. The van der Waals surface area contributed by atoms with Gasteiger partial charge in [-0.25, -0.2) is 0 Å². The average molecular weight is 409 g/mol. The number of rotatable bonds is 6. The van der Waals surface area contributed by atoms with Crippen LogP contribution in [-0.2, 0) is 12.8 Å². The van der Waals surface area contributed by atoms with Gasteiger partial charge in [0.2, 0.25) is 11.6 Å². The Morgan fingerprint density at radius 3 is 2.30 bits per heavy atom. The molecule has 0 radical (unpaired) electrons. The van der Waals surface area contributed by atoms with Gasteiger partial charge >= 0.3 is 6.01 Å². The standard InChI is InChI=1S/C22H23N3O5/c1-27-17-11-16(12-18(28-2)19(17)29-3)20(26)23-22-25-24-21(30-22)15-9-8-13-6-4-5-7-14(13)10-15/h8-12H,4-7H2,1-3H3,(H,23,25,26). The van der Waals surface area contributed by atoms with Crippen molar-refractivity contribution in [2.45, 2.75) is 25.7 Å². The van der Waals surface area contributed by atoms with Crippen molar-refractivity contribution in [1.82, 2.24) is 10.2 Å². The number of ether oxygens (including phenoxy) is 3. The molecule has 0 fully saturated rings. The van der Waals surface area contributed by atoms with Crippen molar-refractivity contribution in [3.63, 3.8) is 0 Å². The summed E-state index contributed by atoms with van der Waals surface area (Å²) < 4.78 is 21.5. The highest BCUT2D eigenvalue weighted by molar-refractivity contribution is 6.04. The van der Waals surface area contributed by atoms with Gasteiger partial charge in [0.1, 0.15) is 0 Å². The molecule has 0 saturated carbocycles. The fourth-order valence-corrected chi connectivity index (χ4v) is 3.64. The maximum absolute atomic E-state index is 12.7. The molecule has 0 unspecified atom stereocenters. The number of hydrogen-bond donors (Lipinski definition) is 1. The SMILES string of the molecule is COc1cc(C(=O)Nc2nnc(-c3ccc4c(c3)CCCC4)o2)cc(OC)c1OC. The molecule has 0 atom stereocenters. The molecule has 1 heterocycles. The highest BCUT2D eigenvalue weighted by Crippen LogP contribution is 2.38. The number of methoxy groups -OCH3 is 3. The highest BCUT2D eigenvalue weighted by atomic mass is 16.5. The quantitative estimate of drug-likeness (QED) is 0.660. The molecule has 0 bridgehead atoms. The Morgan fingerprint density at radius 1 is 0.933 bits per heavy atom. The Hall–Kier alpha value is -3.55. The van der Waals surface area contributed by atoms with E-state index in [1.165, 1.54) is 45.3 Å². The second-order valence-corrected chi connectivity index (χ2v) is 6.97. The zero-order valence-corrected chi connectivity index (χ0v) is 17.2. The third-order valence-electron chi connectivity index (χ3n) is 5.17. The van der Waals surface area contributed by atoms with E-state index in [1.807, 2.05) is 6.07 Å². The van der Waals surface area contributed by atoms with Crippen LogP contribution in [-0.4, -0.2) is 37.4 Å². The van der Waals surface area contributed by atoms with Crippen LogP contribution in [0.2, 0.25) is 0 Å². The van der Waals surface area contributed by atoms with Crippen LogP contribution >= 0.6 is 0 Å². The van der Waals surface area contributed by atoms with Gasteiger partial charge < -0.3 is 18.6 Å². The number of fused-ring (bicyclic) bond motifs is 1. The molecule has 1 aliphatic rings. The number of nitrogens with zero attached hydrogens (tertiary/aromatic N) is 2. The number of hydrogen-bond acceptors (Lipinski definition) is 7. The van der Waals surface area contributed by atoms with E-state index >= 15 is 0 Å². The maximum Gasteiger partial charge on any atom is 0.322 e. The molecule has 30 heavy (non-hydrogen) atoms. The van der Waals surface area contributed by atoms with E-state index in [4.69, 9.17) is 18.6 Å². The lowest BCUT2D eigenvalue weighted by Gasteiger charge is -2.15. The number of benzene rings is 2. The second-order valence-electron chi connectivity index (χ2n) is 6.97. The number of carbonyl (C=O) groups excluding carboxylic acids is 1. The minimum atomic E-state index is -0.435.